The van der Waals surface area contributed by atoms with E-state index in [1.54, 1.807) is 34.2 Å². The summed E-state index contributed by atoms with van der Waals surface area (Å²) in [4.78, 5) is 33.2. The van der Waals surface area contributed by atoms with Gasteiger partial charge in [-0.2, -0.15) is 0 Å². The van der Waals surface area contributed by atoms with Crippen LogP contribution in [0.4, 0.5) is 0 Å². The molecule has 0 unspecified atom stereocenters. The second-order valence-corrected chi connectivity index (χ2v) is 21.5. The summed E-state index contributed by atoms with van der Waals surface area (Å²) in [6.45, 7) is 16.1. The van der Waals surface area contributed by atoms with Gasteiger partial charge in [0.2, 0.25) is 0 Å². The monoisotopic (exact) mass is 877 g/mol. The van der Waals surface area contributed by atoms with Crippen LogP contribution in [0.3, 0.4) is 0 Å². The van der Waals surface area contributed by atoms with E-state index in [2.05, 4.69) is 102 Å². The first kappa shape index (κ1) is 73.5. The molecule has 0 amide bonds. The van der Waals surface area contributed by atoms with E-state index >= 15 is 0 Å². The summed E-state index contributed by atoms with van der Waals surface area (Å²) in [6, 6.07) is 0. The Kier molecular flexibility index (Phi) is 61.4. The second kappa shape index (κ2) is 47.6. The van der Waals surface area contributed by atoms with Crippen molar-refractivity contribution in [2.75, 3.05) is 21.3 Å². The van der Waals surface area contributed by atoms with Gasteiger partial charge in [-0.3, -0.25) is 9.59 Å². The van der Waals surface area contributed by atoms with Crippen LogP contribution in [0.15, 0.2) is 0 Å². The lowest BCUT2D eigenvalue weighted by atomic mass is 10.1. The van der Waals surface area contributed by atoms with Gasteiger partial charge in [0.05, 0.1) is 0 Å². The van der Waals surface area contributed by atoms with E-state index in [4.69, 9.17) is 26.6 Å². The Morgan fingerprint density at radius 1 is 0.474 bits per heavy atom. The fourth-order valence-electron chi connectivity index (χ4n) is 2.79. The van der Waals surface area contributed by atoms with Crippen LogP contribution < -0.4 is 0 Å². The molecule has 0 heterocycles. The van der Waals surface area contributed by atoms with Crippen LogP contribution in [0.1, 0.15) is 140 Å². The molecule has 0 radical (unpaired) electrons. The number of carbonyl (C=O) groups is 3. The predicted octanol–water partition coefficient (Wildman–Crippen LogP) is 13.6. The Hall–Kier alpha value is -4.58. The minimum Gasteiger partial charge on any atom is -0.495 e. The SMILES string of the molecule is C.C.C.C.C.C.CC#CC#CC#CC#CC#CC#CC#CC#CC(=O)O[Si](C)(C)OC.CCCCCCCCCC(=O)O[Si](C)(C)OC.CO[Si](C)(C)OC(C)=O.[HH].[HH].[HH].[HH].[HH].[HH].[HH].[HH].[HH].[HH].[HH].[HH].[HH].[HH].[HH].[HH]. The van der Waals surface area contributed by atoms with Crippen LogP contribution in [0, 0.1) is 94.7 Å². The minimum absolute atomic E-state index is 0. The molecule has 0 aliphatic rings. The molecule has 0 bridgehead atoms. The molecular weight excluding hydrogens is 769 g/mol. The summed E-state index contributed by atoms with van der Waals surface area (Å²) < 4.78 is 30.4. The largest absolute Gasteiger partial charge is 0.495 e. The smallest absolute Gasteiger partial charge is 0.396 e. The van der Waals surface area contributed by atoms with Gasteiger partial charge >= 0.3 is 31.7 Å². The van der Waals surface area contributed by atoms with Gasteiger partial charge in [0, 0.05) is 63.4 Å². The van der Waals surface area contributed by atoms with Crippen molar-refractivity contribution in [1.82, 2.24) is 0 Å². The highest BCUT2D eigenvalue weighted by Crippen LogP contribution is 2.11. The third-order valence-electron chi connectivity index (χ3n) is 5.65. The molecule has 0 aliphatic carbocycles. The number of hydrogen-bond acceptors (Lipinski definition) is 9. The van der Waals surface area contributed by atoms with Crippen molar-refractivity contribution in [2.45, 2.75) is 156 Å². The van der Waals surface area contributed by atoms with Crippen molar-refractivity contribution in [1.29, 1.82) is 0 Å². The Balaban J connectivity index is -0.0000000190. The van der Waals surface area contributed by atoms with Crippen molar-refractivity contribution in [3.8, 4) is 94.7 Å². The molecule has 0 fully saturated rings. The lowest BCUT2D eigenvalue weighted by Crippen LogP contribution is -2.35. The molecule has 0 aromatic rings. The van der Waals surface area contributed by atoms with Crippen LogP contribution in [0.2, 0.25) is 39.3 Å². The van der Waals surface area contributed by atoms with E-state index in [9.17, 15) is 14.4 Å². The molecule has 0 atom stereocenters. The van der Waals surface area contributed by atoms with E-state index in [1.165, 1.54) is 46.1 Å². The fraction of sp³-hybridized carbons (Fsp3) is 0.578. The molecule has 354 valence electrons. The summed E-state index contributed by atoms with van der Waals surface area (Å²) in [7, 11) is -2.06. The first-order valence-electron chi connectivity index (χ1n) is 16.2. The summed E-state index contributed by atoms with van der Waals surface area (Å²) in [6.07, 6.45) is 9.07. The van der Waals surface area contributed by atoms with Gasteiger partial charge in [-0.25, -0.2) is 4.79 Å². The maximum atomic E-state index is 11.5. The highest BCUT2D eigenvalue weighted by molar-refractivity contribution is 6.67. The highest BCUT2D eigenvalue weighted by Gasteiger charge is 2.28. The topological polar surface area (TPSA) is 107 Å². The van der Waals surface area contributed by atoms with Crippen molar-refractivity contribution in [3.05, 3.63) is 0 Å². The summed E-state index contributed by atoms with van der Waals surface area (Å²) >= 11 is 0. The van der Waals surface area contributed by atoms with E-state index < -0.39 is 31.7 Å². The number of hydrogen-bond donors (Lipinski definition) is 0. The zero-order valence-corrected chi connectivity index (χ0v) is 35.3. The molecule has 0 aliphatic heterocycles. The van der Waals surface area contributed by atoms with Gasteiger partial charge < -0.3 is 26.6 Å². The molecule has 0 saturated carbocycles. The minimum atomic E-state index is -2.43. The third kappa shape index (κ3) is 60.9. The third-order valence-corrected chi connectivity index (χ3v) is 10.8. The molecule has 0 spiro atoms. The van der Waals surface area contributed by atoms with Crippen molar-refractivity contribution in [2.24, 2.45) is 0 Å². The van der Waals surface area contributed by atoms with E-state index in [1.807, 2.05) is 26.2 Å². The normalized spacial score (nSPS) is 8.07. The lowest BCUT2D eigenvalue weighted by molar-refractivity contribution is -0.137. The Labute approximate surface area is 379 Å². The van der Waals surface area contributed by atoms with Crippen LogP contribution in [0.5, 0.6) is 0 Å². The van der Waals surface area contributed by atoms with Crippen LogP contribution >= 0.6 is 0 Å². The van der Waals surface area contributed by atoms with Gasteiger partial charge in [-0.1, -0.05) is 95.9 Å². The average Bonchev–Trinajstić information content (AvgIpc) is 3.05. The van der Waals surface area contributed by atoms with E-state index in [0.717, 1.165) is 12.8 Å². The standard InChI is InChI=1S/C21H12O3Si.C13H28O3Si.C5H12O3Si.6CH4.16H2/c1-5-6-7-8-9-10-11-12-13-14-15-16-17-18-19-20-21(22)24-25(3,4)23-2;1-5-6-7-8-9-10-11-12-13(14)16-17(3,4)15-2;1-5(6)8-9(3,4)7-2;;;;;;;;;;;;;;;;;;;;;;/h1-4H3;5-12H2,1-4H3;1-4H3;6*1H4;16*1H. The number of unbranched alkanes of at least 4 members (excludes halogenated alkanes) is 6. The van der Waals surface area contributed by atoms with Gasteiger partial charge in [-0.05, 0) is 136 Å². The summed E-state index contributed by atoms with van der Waals surface area (Å²) in [5, 5.41) is 0. The molecular formula is C45H108O9Si3. The van der Waals surface area contributed by atoms with Gasteiger partial charge in [0.15, 0.2) is 0 Å². The first-order chi connectivity index (χ1) is 24.0. The molecule has 0 aromatic carbocycles. The zero-order chi connectivity index (χ0) is 39.4. The lowest BCUT2D eigenvalue weighted by Gasteiger charge is -2.19. The maximum Gasteiger partial charge on any atom is 0.396 e. The van der Waals surface area contributed by atoms with Gasteiger partial charge in [-0.15, -0.1) is 0 Å². The van der Waals surface area contributed by atoms with E-state index in [-0.39, 0.29) is 79.3 Å². The molecule has 12 heteroatoms. The predicted molar refractivity (Wildman–Crippen MR) is 282 cm³/mol. The quantitative estimate of drug-likeness (QED) is 0.0958. The van der Waals surface area contributed by atoms with Gasteiger partial charge in [0.25, 0.3) is 11.9 Å². The number of rotatable bonds is 14. The van der Waals surface area contributed by atoms with Crippen LogP contribution in [-0.4, -0.2) is 64.9 Å². The van der Waals surface area contributed by atoms with E-state index in [0.29, 0.717) is 6.42 Å². The Morgan fingerprint density at radius 3 is 1.12 bits per heavy atom. The average molecular weight is 878 g/mol. The zero-order valence-electron chi connectivity index (χ0n) is 32.3. The molecule has 9 nitrogen and oxygen atoms in total. The molecule has 0 N–H and O–H groups in total. The fourth-order valence-corrected chi connectivity index (χ4v) is 4.88. The van der Waals surface area contributed by atoms with Gasteiger partial charge in [0.1, 0.15) is 0 Å². The van der Waals surface area contributed by atoms with Crippen LogP contribution in [0.25, 0.3) is 0 Å². The summed E-state index contributed by atoms with van der Waals surface area (Å²) in [5.74, 6) is 38.3. The van der Waals surface area contributed by atoms with Crippen molar-refractivity contribution < 1.29 is 63.8 Å². The Morgan fingerprint density at radius 2 is 0.789 bits per heavy atom. The van der Waals surface area contributed by atoms with Crippen LogP contribution in [-0.2, 0) is 40.9 Å². The second-order valence-electron chi connectivity index (χ2n) is 11.3. The first-order valence-corrected chi connectivity index (χ1v) is 24.7. The summed E-state index contributed by atoms with van der Waals surface area (Å²) in [5.41, 5.74) is 0. The molecule has 57 heavy (non-hydrogen) atoms. The molecule has 0 aromatic heterocycles. The molecule has 0 saturated heterocycles. The van der Waals surface area contributed by atoms with Crippen molar-refractivity contribution in [3.63, 3.8) is 0 Å². The maximum absolute atomic E-state index is 11.5. The number of carbonyl (C=O) groups excluding carboxylic acids is 3. The highest BCUT2D eigenvalue weighted by atomic mass is 28.4. The Bertz CT molecular complexity index is 1660. The van der Waals surface area contributed by atoms with Crippen molar-refractivity contribution >= 4 is 43.6 Å². The molecule has 0 rings (SSSR count).